The fraction of sp³-hybridized carbons (Fsp3) is 0.250. The molecular weight excluding hydrogens is 372 g/mol. The molecule has 1 aliphatic rings. The molecule has 148 valence electrons. The summed E-state index contributed by atoms with van der Waals surface area (Å²) in [5, 5.41) is 16.4. The van der Waals surface area contributed by atoms with Gasteiger partial charge in [-0.1, -0.05) is 18.2 Å². The van der Waals surface area contributed by atoms with Crippen LogP contribution in [-0.4, -0.2) is 44.9 Å². The largest absolute Gasteiger partial charge is 0.356 e. The van der Waals surface area contributed by atoms with Crippen molar-refractivity contribution in [2.24, 2.45) is 0 Å². The number of rotatable bonds is 6. The van der Waals surface area contributed by atoms with E-state index in [9.17, 15) is 14.4 Å². The summed E-state index contributed by atoms with van der Waals surface area (Å²) >= 11 is 0. The molecule has 0 fully saturated rings. The van der Waals surface area contributed by atoms with Gasteiger partial charge in [0.25, 0.3) is 5.91 Å². The molecule has 0 saturated heterocycles. The Hall–Kier alpha value is -3.75. The molecule has 0 spiro atoms. The van der Waals surface area contributed by atoms with Crippen LogP contribution in [0.5, 0.6) is 0 Å². The van der Waals surface area contributed by atoms with Crippen LogP contribution in [0.4, 0.5) is 5.69 Å². The highest BCUT2D eigenvalue weighted by molar-refractivity contribution is 6.09. The maximum atomic E-state index is 12.4. The van der Waals surface area contributed by atoms with Crippen molar-refractivity contribution < 1.29 is 14.4 Å². The van der Waals surface area contributed by atoms with Gasteiger partial charge in [0, 0.05) is 25.6 Å². The van der Waals surface area contributed by atoms with Crippen LogP contribution < -0.4 is 16.0 Å². The van der Waals surface area contributed by atoms with Gasteiger partial charge in [0.05, 0.1) is 11.3 Å². The second-order valence-corrected chi connectivity index (χ2v) is 6.74. The molecule has 0 saturated carbocycles. The van der Waals surface area contributed by atoms with E-state index < -0.39 is 6.04 Å². The number of para-hydroxylation sites is 1. The first kappa shape index (κ1) is 18.6. The summed E-state index contributed by atoms with van der Waals surface area (Å²) in [6, 6.07) is 11.7. The van der Waals surface area contributed by atoms with E-state index >= 15 is 0 Å². The average molecular weight is 392 g/mol. The first-order valence-corrected chi connectivity index (χ1v) is 9.38. The van der Waals surface area contributed by atoms with Crippen molar-refractivity contribution in [3.63, 3.8) is 0 Å². The number of benzene rings is 1. The predicted molar refractivity (Wildman–Crippen MR) is 105 cm³/mol. The van der Waals surface area contributed by atoms with Crippen LogP contribution in [0, 0.1) is 0 Å². The van der Waals surface area contributed by atoms with Crippen molar-refractivity contribution in [2.75, 3.05) is 11.9 Å². The fourth-order valence-electron chi connectivity index (χ4n) is 3.25. The van der Waals surface area contributed by atoms with Crippen LogP contribution in [0.1, 0.15) is 29.0 Å². The van der Waals surface area contributed by atoms with E-state index in [1.807, 2.05) is 28.8 Å². The lowest BCUT2D eigenvalue weighted by atomic mass is 10.1. The quantitative estimate of drug-likeness (QED) is 0.577. The molecule has 0 aliphatic carbocycles. The number of pyridine rings is 1. The molecule has 3 heterocycles. The Labute approximate surface area is 166 Å². The molecule has 2 aromatic heterocycles. The van der Waals surface area contributed by atoms with E-state index in [2.05, 4.69) is 26.1 Å². The number of anilines is 1. The Morgan fingerprint density at radius 2 is 1.93 bits per heavy atom. The third-order valence-electron chi connectivity index (χ3n) is 4.77. The molecule has 9 nitrogen and oxygen atoms in total. The summed E-state index contributed by atoms with van der Waals surface area (Å²) < 4.78 is 1.87. The SMILES string of the molecule is O=C(CC[C@@H]1NC(=O)c2ccccc2NC1=O)NCCc1nnc2ccccn12. The lowest BCUT2D eigenvalue weighted by Crippen LogP contribution is -2.42. The highest BCUT2D eigenvalue weighted by atomic mass is 16.2. The molecule has 4 rings (SSSR count). The minimum absolute atomic E-state index is 0.120. The third-order valence-corrected chi connectivity index (χ3v) is 4.77. The maximum absolute atomic E-state index is 12.4. The Morgan fingerprint density at radius 1 is 1.10 bits per heavy atom. The molecule has 0 unspecified atom stereocenters. The maximum Gasteiger partial charge on any atom is 0.254 e. The fourth-order valence-corrected chi connectivity index (χ4v) is 3.25. The van der Waals surface area contributed by atoms with Gasteiger partial charge in [-0.15, -0.1) is 10.2 Å². The first-order valence-electron chi connectivity index (χ1n) is 9.38. The van der Waals surface area contributed by atoms with E-state index in [0.29, 0.717) is 24.2 Å². The van der Waals surface area contributed by atoms with E-state index in [1.165, 1.54) is 0 Å². The molecule has 29 heavy (non-hydrogen) atoms. The molecule has 0 bridgehead atoms. The highest BCUT2D eigenvalue weighted by Gasteiger charge is 2.27. The van der Waals surface area contributed by atoms with Crippen LogP contribution in [0.25, 0.3) is 5.65 Å². The lowest BCUT2D eigenvalue weighted by Gasteiger charge is -2.14. The van der Waals surface area contributed by atoms with Gasteiger partial charge < -0.3 is 16.0 Å². The number of aromatic nitrogens is 3. The number of fused-ring (bicyclic) bond motifs is 2. The standard InChI is InChI=1S/C20H20N6O3/c27-18(21-11-10-17-25-24-16-7-3-4-12-26(16)17)9-8-15-20(29)22-14-6-2-1-5-13(14)19(28)23-15/h1-7,12,15H,8-11H2,(H,21,27)(H,22,29)(H,23,28)/t15-/m0/s1. The summed E-state index contributed by atoms with van der Waals surface area (Å²) in [5.41, 5.74) is 1.64. The van der Waals surface area contributed by atoms with Crippen molar-refractivity contribution in [1.82, 2.24) is 25.2 Å². The van der Waals surface area contributed by atoms with Crippen molar-refractivity contribution in [3.05, 3.63) is 60.0 Å². The van der Waals surface area contributed by atoms with Gasteiger partial charge in [0.15, 0.2) is 5.65 Å². The smallest absolute Gasteiger partial charge is 0.254 e. The molecule has 3 aromatic rings. The zero-order chi connectivity index (χ0) is 20.2. The van der Waals surface area contributed by atoms with Crippen molar-refractivity contribution in [3.8, 4) is 0 Å². The van der Waals surface area contributed by atoms with E-state index in [-0.39, 0.29) is 30.6 Å². The molecule has 3 amide bonds. The van der Waals surface area contributed by atoms with E-state index in [4.69, 9.17) is 0 Å². The molecule has 1 aromatic carbocycles. The van der Waals surface area contributed by atoms with Crippen molar-refractivity contribution in [2.45, 2.75) is 25.3 Å². The van der Waals surface area contributed by atoms with Crippen LogP contribution in [0.3, 0.4) is 0 Å². The van der Waals surface area contributed by atoms with E-state index in [1.54, 1.807) is 24.3 Å². The summed E-state index contributed by atoms with van der Waals surface area (Å²) in [6.07, 6.45) is 2.74. The normalized spacial score (nSPS) is 15.9. The number of carbonyl (C=O) groups excluding carboxylic acids is 3. The Morgan fingerprint density at radius 3 is 2.83 bits per heavy atom. The first-order chi connectivity index (χ1) is 14.1. The second-order valence-electron chi connectivity index (χ2n) is 6.74. The molecule has 0 radical (unpaired) electrons. The average Bonchev–Trinajstić information content (AvgIpc) is 3.09. The van der Waals surface area contributed by atoms with Crippen molar-refractivity contribution in [1.29, 1.82) is 0 Å². The van der Waals surface area contributed by atoms with Crippen LogP contribution in [0.2, 0.25) is 0 Å². The van der Waals surface area contributed by atoms with E-state index in [0.717, 1.165) is 11.5 Å². The molecular formula is C20H20N6O3. The van der Waals surface area contributed by atoms with Gasteiger partial charge in [0.1, 0.15) is 11.9 Å². The minimum atomic E-state index is -0.763. The summed E-state index contributed by atoms with van der Waals surface area (Å²) in [4.78, 5) is 36.8. The van der Waals surface area contributed by atoms with Gasteiger partial charge in [-0.05, 0) is 30.7 Å². The van der Waals surface area contributed by atoms with Gasteiger partial charge in [0.2, 0.25) is 11.8 Å². The molecule has 3 N–H and O–H groups in total. The molecule has 1 aliphatic heterocycles. The predicted octanol–water partition coefficient (Wildman–Crippen LogP) is 0.919. The van der Waals surface area contributed by atoms with Crippen LogP contribution >= 0.6 is 0 Å². The monoisotopic (exact) mass is 392 g/mol. The number of hydrogen-bond acceptors (Lipinski definition) is 5. The zero-order valence-corrected chi connectivity index (χ0v) is 15.6. The summed E-state index contributed by atoms with van der Waals surface area (Å²) in [7, 11) is 0. The number of amides is 3. The number of nitrogens with zero attached hydrogens (tertiary/aromatic N) is 3. The molecule has 9 heteroatoms. The summed E-state index contributed by atoms with van der Waals surface area (Å²) in [6.45, 7) is 0.406. The Kier molecular flexibility index (Phi) is 5.19. The number of hydrogen-bond donors (Lipinski definition) is 3. The number of carbonyl (C=O) groups is 3. The van der Waals surface area contributed by atoms with Crippen LogP contribution in [0.15, 0.2) is 48.7 Å². The van der Waals surface area contributed by atoms with Crippen molar-refractivity contribution >= 4 is 29.1 Å². The Bertz CT molecular complexity index is 1080. The van der Waals surface area contributed by atoms with Crippen LogP contribution in [-0.2, 0) is 16.0 Å². The zero-order valence-electron chi connectivity index (χ0n) is 15.6. The second kappa shape index (κ2) is 8.09. The van der Waals surface area contributed by atoms with Gasteiger partial charge >= 0.3 is 0 Å². The minimum Gasteiger partial charge on any atom is -0.356 e. The van der Waals surface area contributed by atoms with Gasteiger partial charge in [-0.3, -0.25) is 18.8 Å². The lowest BCUT2D eigenvalue weighted by molar-refractivity contribution is -0.121. The highest BCUT2D eigenvalue weighted by Crippen LogP contribution is 2.19. The van der Waals surface area contributed by atoms with Gasteiger partial charge in [-0.2, -0.15) is 0 Å². The van der Waals surface area contributed by atoms with Gasteiger partial charge in [-0.25, -0.2) is 0 Å². The third kappa shape index (κ3) is 4.08. The number of nitrogens with one attached hydrogen (secondary N) is 3. The topological polar surface area (TPSA) is 117 Å². The Balaban J connectivity index is 1.27. The summed E-state index contributed by atoms with van der Waals surface area (Å²) in [5.74, 6) is -0.0919. The molecule has 1 atom stereocenters.